The third-order valence-electron chi connectivity index (χ3n) is 2.76. The predicted octanol–water partition coefficient (Wildman–Crippen LogP) is 4.03. The summed E-state index contributed by atoms with van der Waals surface area (Å²) >= 11 is 3.23. The van der Waals surface area contributed by atoms with E-state index < -0.39 is 4.92 Å². The van der Waals surface area contributed by atoms with Gasteiger partial charge >= 0.3 is 5.69 Å². The zero-order chi connectivity index (χ0) is 15.6. The molecular formula is C14H10BrN3O3. The van der Waals surface area contributed by atoms with Crippen molar-refractivity contribution in [1.29, 1.82) is 5.26 Å². The third kappa shape index (κ3) is 3.01. The lowest BCUT2D eigenvalue weighted by molar-refractivity contribution is -0.385. The number of rotatable bonds is 3. The second kappa shape index (κ2) is 5.89. The number of hydrogen-bond donors (Lipinski definition) is 0. The number of aryl methyl sites for hydroxylation is 2. The van der Waals surface area contributed by atoms with Crippen LogP contribution in [0, 0.1) is 35.3 Å². The Balaban J connectivity index is 2.59. The quantitative estimate of drug-likeness (QED) is 0.617. The summed E-state index contributed by atoms with van der Waals surface area (Å²) in [4.78, 5) is 14.7. The van der Waals surface area contributed by atoms with Crippen LogP contribution in [0.3, 0.4) is 0 Å². The van der Waals surface area contributed by atoms with Crippen LogP contribution in [-0.2, 0) is 0 Å². The Morgan fingerprint density at radius 1 is 1.43 bits per heavy atom. The number of nitrogens with zero attached hydrogens (tertiary/aromatic N) is 3. The summed E-state index contributed by atoms with van der Waals surface area (Å²) in [5.74, 6) is 0.307. The zero-order valence-corrected chi connectivity index (χ0v) is 12.8. The van der Waals surface area contributed by atoms with E-state index in [-0.39, 0.29) is 22.7 Å². The van der Waals surface area contributed by atoms with Crippen molar-refractivity contribution < 1.29 is 9.66 Å². The van der Waals surface area contributed by atoms with Gasteiger partial charge in [0, 0.05) is 17.8 Å². The summed E-state index contributed by atoms with van der Waals surface area (Å²) in [6, 6.07) is 8.10. The van der Waals surface area contributed by atoms with Gasteiger partial charge in [-0.15, -0.1) is 0 Å². The number of nitro groups is 1. The molecule has 0 aliphatic carbocycles. The van der Waals surface area contributed by atoms with Gasteiger partial charge in [-0.1, -0.05) is 6.07 Å². The highest BCUT2D eigenvalue weighted by molar-refractivity contribution is 9.10. The summed E-state index contributed by atoms with van der Waals surface area (Å²) < 4.78 is 6.07. The van der Waals surface area contributed by atoms with Crippen LogP contribution in [0.5, 0.6) is 11.5 Å². The van der Waals surface area contributed by atoms with Crippen LogP contribution in [-0.4, -0.2) is 9.91 Å². The minimum Gasteiger partial charge on any atom is -0.447 e. The zero-order valence-electron chi connectivity index (χ0n) is 11.3. The Morgan fingerprint density at radius 2 is 2.14 bits per heavy atom. The molecule has 1 heterocycles. The summed E-state index contributed by atoms with van der Waals surface area (Å²) in [6.45, 7) is 3.45. The minimum absolute atomic E-state index is 0.0593. The van der Waals surface area contributed by atoms with Crippen LogP contribution in [0.15, 0.2) is 28.7 Å². The Kier molecular flexibility index (Phi) is 4.19. The highest BCUT2D eigenvalue weighted by Crippen LogP contribution is 2.39. The molecule has 0 aliphatic rings. The average Bonchev–Trinajstić information content (AvgIpc) is 2.40. The van der Waals surface area contributed by atoms with Crippen molar-refractivity contribution in [3.63, 3.8) is 0 Å². The molecule has 106 valence electrons. The van der Waals surface area contributed by atoms with Crippen molar-refractivity contribution in [2.45, 2.75) is 13.8 Å². The Bertz CT molecular complexity index is 769. The molecule has 1 aromatic carbocycles. The number of ether oxygens (including phenoxy) is 1. The smallest absolute Gasteiger partial charge is 0.312 e. The molecule has 21 heavy (non-hydrogen) atoms. The molecule has 0 radical (unpaired) electrons. The lowest BCUT2D eigenvalue weighted by atomic mass is 10.2. The molecule has 0 aliphatic heterocycles. The SMILES string of the molecule is Cc1cc(Oc2c(Br)cccc2[N+](=O)[O-])c(C#N)c(C)n1. The van der Waals surface area contributed by atoms with Gasteiger partial charge in [-0.2, -0.15) is 5.26 Å². The molecule has 0 unspecified atom stereocenters. The van der Waals surface area contributed by atoms with Gasteiger partial charge in [0.25, 0.3) is 0 Å². The molecular weight excluding hydrogens is 338 g/mol. The fourth-order valence-electron chi connectivity index (χ4n) is 1.86. The number of nitriles is 1. The van der Waals surface area contributed by atoms with Gasteiger partial charge < -0.3 is 4.74 Å². The molecule has 0 amide bonds. The number of para-hydroxylation sites is 1. The van der Waals surface area contributed by atoms with Crippen molar-refractivity contribution >= 4 is 21.6 Å². The molecule has 0 spiro atoms. The monoisotopic (exact) mass is 347 g/mol. The summed E-state index contributed by atoms with van der Waals surface area (Å²) in [5.41, 5.74) is 1.25. The second-order valence-electron chi connectivity index (χ2n) is 4.28. The fourth-order valence-corrected chi connectivity index (χ4v) is 2.30. The van der Waals surface area contributed by atoms with Gasteiger partial charge in [0.15, 0.2) is 0 Å². The van der Waals surface area contributed by atoms with E-state index in [0.29, 0.717) is 15.9 Å². The minimum atomic E-state index is -0.535. The highest BCUT2D eigenvalue weighted by Gasteiger charge is 2.21. The van der Waals surface area contributed by atoms with Crippen LogP contribution in [0.2, 0.25) is 0 Å². The molecule has 0 fully saturated rings. The normalized spacial score (nSPS) is 10.0. The lowest BCUT2D eigenvalue weighted by Gasteiger charge is -2.11. The molecule has 0 atom stereocenters. The topological polar surface area (TPSA) is 89.0 Å². The van der Waals surface area contributed by atoms with Gasteiger partial charge in [0.2, 0.25) is 5.75 Å². The van der Waals surface area contributed by atoms with Crippen molar-refractivity contribution in [3.8, 4) is 17.6 Å². The summed E-state index contributed by atoms with van der Waals surface area (Å²) in [6.07, 6.45) is 0. The van der Waals surface area contributed by atoms with Crippen LogP contribution in [0.1, 0.15) is 17.0 Å². The molecule has 2 aromatic rings. The number of halogens is 1. The van der Waals surface area contributed by atoms with E-state index in [1.807, 2.05) is 6.07 Å². The molecule has 1 aromatic heterocycles. The average molecular weight is 348 g/mol. The third-order valence-corrected chi connectivity index (χ3v) is 3.38. The number of aromatic nitrogens is 1. The predicted molar refractivity (Wildman–Crippen MR) is 79.3 cm³/mol. The number of hydrogen-bond acceptors (Lipinski definition) is 5. The van der Waals surface area contributed by atoms with E-state index in [9.17, 15) is 15.4 Å². The summed E-state index contributed by atoms with van der Waals surface area (Å²) in [7, 11) is 0. The first kappa shape index (κ1) is 14.9. The van der Waals surface area contributed by atoms with Crippen LogP contribution in [0.4, 0.5) is 5.69 Å². The standard InChI is InChI=1S/C14H10BrN3O3/c1-8-6-13(10(7-16)9(2)17-8)21-14-11(15)4-3-5-12(14)18(19)20/h3-6H,1-2H3. The van der Waals surface area contributed by atoms with Crippen LogP contribution in [0.25, 0.3) is 0 Å². The Hall–Kier alpha value is -2.46. The Morgan fingerprint density at radius 3 is 2.76 bits per heavy atom. The van der Waals surface area contributed by atoms with Crippen molar-refractivity contribution in [1.82, 2.24) is 4.98 Å². The molecule has 0 saturated heterocycles. The number of pyridine rings is 1. The first-order valence-corrected chi connectivity index (χ1v) is 6.72. The van der Waals surface area contributed by atoms with Crippen molar-refractivity contribution in [3.05, 3.63) is 55.8 Å². The molecule has 6 nitrogen and oxygen atoms in total. The van der Waals surface area contributed by atoms with Crippen molar-refractivity contribution in [2.75, 3.05) is 0 Å². The van der Waals surface area contributed by atoms with E-state index in [4.69, 9.17) is 4.74 Å². The second-order valence-corrected chi connectivity index (χ2v) is 5.14. The molecule has 0 bridgehead atoms. The van der Waals surface area contributed by atoms with Gasteiger partial charge in [-0.25, -0.2) is 0 Å². The van der Waals surface area contributed by atoms with E-state index in [2.05, 4.69) is 20.9 Å². The molecule has 0 N–H and O–H groups in total. The van der Waals surface area contributed by atoms with Crippen LogP contribution < -0.4 is 4.74 Å². The summed E-state index contributed by atoms with van der Waals surface area (Å²) in [5, 5.41) is 20.3. The van der Waals surface area contributed by atoms with E-state index in [1.54, 1.807) is 32.0 Å². The van der Waals surface area contributed by atoms with Gasteiger partial charge in [-0.05, 0) is 35.8 Å². The molecule has 7 heteroatoms. The Labute approximate surface area is 129 Å². The lowest BCUT2D eigenvalue weighted by Crippen LogP contribution is -1.99. The largest absolute Gasteiger partial charge is 0.447 e. The first-order chi connectivity index (χ1) is 9.93. The highest BCUT2D eigenvalue weighted by atomic mass is 79.9. The van der Waals surface area contributed by atoms with Gasteiger partial charge in [0.05, 0.1) is 15.1 Å². The van der Waals surface area contributed by atoms with Crippen molar-refractivity contribution in [2.24, 2.45) is 0 Å². The first-order valence-electron chi connectivity index (χ1n) is 5.93. The van der Waals surface area contributed by atoms with E-state index in [0.717, 1.165) is 0 Å². The maximum Gasteiger partial charge on any atom is 0.312 e. The van der Waals surface area contributed by atoms with E-state index >= 15 is 0 Å². The van der Waals surface area contributed by atoms with Gasteiger partial charge in [-0.3, -0.25) is 15.1 Å². The number of nitro benzene ring substituents is 1. The molecule has 2 rings (SSSR count). The maximum absolute atomic E-state index is 11.1. The number of benzene rings is 1. The maximum atomic E-state index is 11.1. The van der Waals surface area contributed by atoms with Gasteiger partial charge in [0.1, 0.15) is 17.4 Å². The van der Waals surface area contributed by atoms with E-state index in [1.165, 1.54) is 6.07 Å². The fraction of sp³-hybridized carbons (Fsp3) is 0.143. The van der Waals surface area contributed by atoms with Crippen LogP contribution >= 0.6 is 15.9 Å². The molecule has 0 saturated carbocycles.